The first kappa shape index (κ1) is 18.8. The fraction of sp³-hybridized carbons (Fsp3) is 0.0500. The molecule has 1 aromatic carbocycles. The molecule has 3 aromatic rings. The molecule has 0 aliphatic carbocycles. The van der Waals surface area contributed by atoms with Gasteiger partial charge in [-0.25, -0.2) is 5.43 Å². The molecule has 0 saturated carbocycles. The highest BCUT2D eigenvalue weighted by atomic mass is 32.1. The van der Waals surface area contributed by atoms with Crippen LogP contribution in [0.2, 0.25) is 0 Å². The second kappa shape index (κ2) is 9.07. The molecule has 2 amide bonds. The van der Waals surface area contributed by atoms with Crippen LogP contribution in [0.4, 0.5) is 0 Å². The summed E-state index contributed by atoms with van der Waals surface area (Å²) >= 11 is 3.01. The number of thiophene rings is 2. The average Bonchev–Trinajstić information content (AvgIpc) is 3.34. The third kappa shape index (κ3) is 5.22. The molecule has 7 heteroatoms. The molecule has 2 heterocycles. The molecule has 5 nitrogen and oxygen atoms in total. The molecule has 2 aromatic heterocycles. The van der Waals surface area contributed by atoms with E-state index in [1.54, 1.807) is 36.6 Å². The van der Waals surface area contributed by atoms with Crippen molar-refractivity contribution in [3.63, 3.8) is 0 Å². The lowest BCUT2D eigenvalue weighted by molar-refractivity contribution is -0.117. The van der Waals surface area contributed by atoms with Crippen LogP contribution in [0.5, 0.6) is 0 Å². The van der Waals surface area contributed by atoms with E-state index in [4.69, 9.17) is 0 Å². The van der Waals surface area contributed by atoms with Crippen molar-refractivity contribution in [3.05, 3.63) is 85.9 Å². The number of rotatable bonds is 6. The van der Waals surface area contributed by atoms with Gasteiger partial charge in [0.1, 0.15) is 5.70 Å². The Bertz CT molecular complexity index is 974. The Balaban J connectivity index is 1.75. The molecule has 0 aliphatic rings. The summed E-state index contributed by atoms with van der Waals surface area (Å²) in [5.74, 6) is -0.843. The molecule has 0 spiro atoms. The number of carbonyl (C=O) groups excluding carboxylic acids is 2. The van der Waals surface area contributed by atoms with Crippen molar-refractivity contribution in [1.29, 1.82) is 0 Å². The topological polar surface area (TPSA) is 70.6 Å². The maximum Gasteiger partial charge on any atom is 0.287 e. The van der Waals surface area contributed by atoms with E-state index in [2.05, 4.69) is 15.8 Å². The van der Waals surface area contributed by atoms with Crippen LogP contribution in [0.25, 0.3) is 6.08 Å². The van der Waals surface area contributed by atoms with Gasteiger partial charge >= 0.3 is 0 Å². The summed E-state index contributed by atoms with van der Waals surface area (Å²) in [4.78, 5) is 26.8. The Hall–Kier alpha value is -3.03. The van der Waals surface area contributed by atoms with Crippen LogP contribution in [-0.2, 0) is 4.79 Å². The van der Waals surface area contributed by atoms with Crippen molar-refractivity contribution < 1.29 is 9.59 Å². The van der Waals surface area contributed by atoms with Gasteiger partial charge in [0.25, 0.3) is 11.8 Å². The van der Waals surface area contributed by atoms with Crippen LogP contribution in [0.15, 0.2) is 70.1 Å². The predicted molar refractivity (Wildman–Crippen MR) is 111 cm³/mol. The highest BCUT2D eigenvalue weighted by Crippen LogP contribution is 2.14. The summed E-state index contributed by atoms with van der Waals surface area (Å²) in [5.41, 5.74) is 4.17. The first-order chi connectivity index (χ1) is 13.1. The Morgan fingerprint density at radius 3 is 2.48 bits per heavy atom. The van der Waals surface area contributed by atoms with Gasteiger partial charge in [0, 0.05) is 15.3 Å². The van der Waals surface area contributed by atoms with Gasteiger partial charge in [-0.3, -0.25) is 9.59 Å². The molecule has 0 aliphatic heterocycles. The average molecular weight is 396 g/mol. The smallest absolute Gasteiger partial charge is 0.287 e. The normalized spacial score (nSPS) is 11.5. The zero-order valence-corrected chi connectivity index (χ0v) is 16.1. The lowest BCUT2D eigenvalue weighted by Crippen LogP contribution is -2.32. The summed E-state index contributed by atoms with van der Waals surface area (Å²) in [6.45, 7) is 1.97. The lowest BCUT2D eigenvalue weighted by Gasteiger charge is -2.08. The molecule has 136 valence electrons. The minimum Gasteiger partial charge on any atom is -0.317 e. The van der Waals surface area contributed by atoms with E-state index in [1.165, 1.54) is 22.7 Å². The van der Waals surface area contributed by atoms with E-state index in [9.17, 15) is 9.59 Å². The van der Waals surface area contributed by atoms with Gasteiger partial charge in [0.2, 0.25) is 0 Å². The second-order valence-corrected chi connectivity index (χ2v) is 7.49. The molecule has 0 bridgehead atoms. The van der Waals surface area contributed by atoms with Crippen molar-refractivity contribution in [3.8, 4) is 0 Å². The number of aryl methyl sites for hydroxylation is 1. The van der Waals surface area contributed by atoms with Crippen molar-refractivity contribution in [1.82, 2.24) is 10.7 Å². The number of amides is 2. The van der Waals surface area contributed by atoms with Gasteiger partial charge in [-0.1, -0.05) is 24.3 Å². The van der Waals surface area contributed by atoms with E-state index in [-0.39, 0.29) is 11.6 Å². The van der Waals surface area contributed by atoms with E-state index in [0.717, 1.165) is 15.3 Å². The Morgan fingerprint density at radius 1 is 1.00 bits per heavy atom. The second-order valence-electron chi connectivity index (χ2n) is 5.56. The Kier molecular flexibility index (Phi) is 6.30. The predicted octanol–water partition coefficient (Wildman–Crippen LogP) is 4.04. The van der Waals surface area contributed by atoms with Crippen molar-refractivity contribution >= 4 is 46.8 Å². The quantitative estimate of drug-likeness (QED) is 0.376. The standard InChI is InChI=1S/C20H17N3O2S2/c1-14-9-11-27-18(14)13-21-23-20(25)17(12-16-8-5-10-26-16)22-19(24)15-6-3-2-4-7-15/h2-13H,1H3,(H,22,24)(H,23,25)/b17-12+,21-13-. The van der Waals surface area contributed by atoms with Crippen LogP contribution >= 0.6 is 22.7 Å². The largest absolute Gasteiger partial charge is 0.317 e. The Labute approximate surface area is 165 Å². The number of carbonyl (C=O) groups is 2. The van der Waals surface area contributed by atoms with Crippen molar-refractivity contribution in [2.75, 3.05) is 0 Å². The number of nitrogens with zero attached hydrogens (tertiary/aromatic N) is 1. The van der Waals surface area contributed by atoms with E-state index >= 15 is 0 Å². The lowest BCUT2D eigenvalue weighted by atomic mass is 10.2. The third-order valence-electron chi connectivity index (χ3n) is 3.61. The zero-order valence-electron chi connectivity index (χ0n) is 14.5. The molecule has 27 heavy (non-hydrogen) atoms. The monoisotopic (exact) mass is 395 g/mol. The highest BCUT2D eigenvalue weighted by Gasteiger charge is 2.14. The number of hydrogen-bond acceptors (Lipinski definition) is 5. The van der Waals surface area contributed by atoms with Crippen LogP contribution < -0.4 is 10.7 Å². The minimum absolute atomic E-state index is 0.131. The SMILES string of the molecule is Cc1ccsc1/C=N\NC(=O)/C(=C\c1cccs1)NC(=O)c1ccccc1. The van der Waals surface area contributed by atoms with E-state index in [0.29, 0.717) is 5.56 Å². The van der Waals surface area contributed by atoms with Gasteiger partial charge in [0.05, 0.1) is 6.21 Å². The van der Waals surface area contributed by atoms with Crippen LogP contribution in [0, 0.1) is 6.92 Å². The fourth-order valence-corrected chi connectivity index (χ4v) is 3.63. The highest BCUT2D eigenvalue weighted by molar-refractivity contribution is 7.12. The zero-order chi connectivity index (χ0) is 19.1. The number of nitrogens with one attached hydrogen (secondary N) is 2. The summed E-state index contributed by atoms with van der Waals surface area (Å²) < 4.78 is 0. The summed E-state index contributed by atoms with van der Waals surface area (Å²) in [5, 5.41) is 10.5. The van der Waals surface area contributed by atoms with Crippen molar-refractivity contribution in [2.24, 2.45) is 5.10 Å². The van der Waals surface area contributed by atoms with E-state index in [1.807, 2.05) is 41.9 Å². The van der Waals surface area contributed by atoms with Gasteiger partial charge in [-0.05, 0) is 53.6 Å². The number of hydrazone groups is 1. The fourth-order valence-electron chi connectivity index (χ4n) is 2.18. The molecular formula is C20H17N3O2S2. The molecule has 0 radical (unpaired) electrons. The van der Waals surface area contributed by atoms with Gasteiger partial charge in [-0.15, -0.1) is 22.7 Å². The summed E-state index contributed by atoms with van der Waals surface area (Å²) in [6, 6.07) is 14.5. The first-order valence-corrected chi connectivity index (χ1v) is 9.88. The summed E-state index contributed by atoms with van der Waals surface area (Å²) in [7, 11) is 0. The maximum absolute atomic E-state index is 12.5. The van der Waals surface area contributed by atoms with Crippen molar-refractivity contribution in [2.45, 2.75) is 6.92 Å². The molecule has 0 atom stereocenters. The molecule has 2 N–H and O–H groups in total. The minimum atomic E-state index is -0.488. The van der Waals surface area contributed by atoms with Gasteiger partial charge < -0.3 is 5.32 Å². The van der Waals surface area contributed by atoms with Crippen LogP contribution in [-0.4, -0.2) is 18.0 Å². The third-order valence-corrected chi connectivity index (χ3v) is 5.38. The first-order valence-electron chi connectivity index (χ1n) is 8.12. The maximum atomic E-state index is 12.5. The number of benzene rings is 1. The van der Waals surface area contributed by atoms with Crippen LogP contribution in [0.1, 0.15) is 25.7 Å². The summed E-state index contributed by atoms with van der Waals surface area (Å²) in [6.07, 6.45) is 3.23. The van der Waals surface area contributed by atoms with Gasteiger partial charge in [0.15, 0.2) is 0 Å². The van der Waals surface area contributed by atoms with Crippen LogP contribution in [0.3, 0.4) is 0 Å². The molecule has 0 fully saturated rings. The molecule has 0 saturated heterocycles. The molecule has 3 rings (SSSR count). The molecular weight excluding hydrogens is 378 g/mol. The Morgan fingerprint density at radius 2 is 1.81 bits per heavy atom. The number of hydrogen-bond donors (Lipinski definition) is 2. The van der Waals surface area contributed by atoms with Gasteiger partial charge in [-0.2, -0.15) is 5.10 Å². The van der Waals surface area contributed by atoms with E-state index < -0.39 is 5.91 Å². The molecule has 0 unspecified atom stereocenters.